The van der Waals surface area contributed by atoms with Crippen molar-refractivity contribution in [1.82, 2.24) is 29.3 Å². The Kier molecular flexibility index (Phi) is 3.03. The summed E-state index contributed by atoms with van der Waals surface area (Å²) in [5, 5.41) is 4.26. The normalized spacial score (nSPS) is 13.3. The van der Waals surface area contributed by atoms with E-state index in [1.807, 2.05) is 29.3 Å². The Bertz CT molecular complexity index is 920. The SMILES string of the molecule is CC(C)n1ncnc1-c1cn2c(n1)-c1ccc(=O)[nH]c1OCC2. The van der Waals surface area contributed by atoms with Crippen LogP contribution in [0.4, 0.5) is 0 Å². The van der Waals surface area contributed by atoms with Gasteiger partial charge >= 0.3 is 0 Å². The number of imidazole rings is 1. The Hall–Kier alpha value is -2.90. The van der Waals surface area contributed by atoms with Crippen LogP contribution in [0.1, 0.15) is 19.9 Å². The van der Waals surface area contributed by atoms with E-state index in [-0.39, 0.29) is 11.6 Å². The van der Waals surface area contributed by atoms with Crippen LogP contribution in [0.25, 0.3) is 22.9 Å². The molecule has 1 aliphatic heterocycles. The molecule has 0 amide bonds. The van der Waals surface area contributed by atoms with Crippen molar-refractivity contribution >= 4 is 0 Å². The molecule has 8 nitrogen and oxygen atoms in total. The minimum atomic E-state index is -0.191. The minimum Gasteiger partial charge on any atom is -0.476 e. The van der Waals surface area contributed by atoms with Gasteiger partial charge in [-0.1, -0.05) is 0 Å². The number of pyridine rings is 1. The number of ether oxygens (including phenoxy) is 1. The molecule has 3 aromatic heterocycles. The summed E-state index contributed by atoms with van der Waals surface area (Å²) in [5.74, 6) is 1.94. The molecule has 3 aromatic rings. The van der Waals surface area contributed by atoms with Crippen LogP contribution in [0.3, 0.4) is 0 Å². The maximum Gasteiger partial charge on any atom is 0.250 e. The zero-order valence-corrected chi connectivity index (χ0v) is 12.9. The standard InChI is InChI=1S/C15H16N6O2/c1-9(2)21-14(16-8-17-21)11-7-20-5-6-23-15-10(13(20)18-11)3-4-12(22)19-15/h3-4,7-9H,5-6H2,1-2H3,(H,19,22). The maximum atomic E-state index is 11.5. The van der Waals surface area contributed by atoms with E-state index in [1.54, 1.807) is 6.07 Å². The molecule has 0 unspecified atom stereocenters. The molecule has 23 heavy (non-hydrogen) atoms. The molecular formula is C15H16N6O2. The Balaban J connectivity index is 1.87. The minimum absolute atomic E-state index is 0.191. The maximum absolute atomic E-state index is 11.5. The van der Waals surface area contributed by atoms with Crippen LogP contribution in [0.5, 0.6) is 5.88 Å². The average Bonchev–Trinajstić information content (AvgIpc) is 3.11. The van der Waals surface area contributed by atoms with Crippen molar-refractivity contribution in [3.05, 3.63) is 35.0 Å². The van der Waals surface area contributed by atoms with E-state index in [0.29, 0.717) is 19.0 Å². The van der Waals surface area contributed by atoms with E-state index in [0.717, 1.165) is 22.9 Å². The molecule has 0 bridgehead atoms. The highest BCUT2D eigenvalue weighted by molar-refractivity contribution is 5.66. The van der Waals surface area contributed by atoms with Crippen LogP contribution in [-0.4, -0.2) is 35.9 Å². The molecule has 0 saturated heterocycles. The first-order chi connectivity index (χ1) is 11.1. The summed E-state index contributed by atoms with van der Waals surface area (Å²) in [6.45, 7) is 5.21. The molecule has 0 aliphatic carbocycles. The van der Waals surface area contributed by atoms with Crippen LogP contribution in [0, 0.1) is 0 Å². The van der Waals surface area contributed by atoms with E-state index >= 15 is 0 Å². The summed E-state index contributed by atoms with van der Waals surface area (Å²) in [5.41, 5.74) is 1.33. The number of nitrogens with zero attached hydrogens (tertiary/aromatic N) is 5. The van der Waals surface area contributed by atoms with E-state index < -0.39 is 0 Å². The molecule has 0 saturated carbocycles. The van der Waals surface area contributed by atoms with Gasteiger partial charge in [0.1, 0.15) is 24.5 Å². The molecule has 0 radical (unpaired) electrons. The molecule has 8 heteroatoms. The Morgan fingerprint density at radius 3 is 3.00 bits per heavy atom. The number of rotatable bonds is 2. The number of hydrogen-bond donors (Lipinski definition) is 1. The van der Waals surface area contributed by atoms with Gasteiger partial charge in [-0.3, -0.25) is 9.78 Å². The summed E-state index contributed by atoms with van der Waals surface area (Å²) in [7, 11) is 0. The van der Waals surface area contributed by atoms with Crippen LogP contribution < -0.4 is 10.3 Å². The monoisotopic (exact) mass is 312 g/mol. The van der Waals surface area contributed by atoms with Gasteiger partial charge in [0.05, 0.1) is 12.1 Å². The number of aromatic amines is 1. The lowest BCUT2D eigenvalue weighted by molar-refractivity contribution is 0.295. The van der Waals surface area contributed by atoms with E-state index in [2.05, 4.69) is 15.1 Å². The highest BCUT2D eigenvalue weighted by Gasteiger charge is 2.21. The Morgan fingerprint density at radius 1 is 1.30 bits per heavy atom. The van der Waals surface area contributed by atoms with Gasteiger partial charge in [-0.05, 0) is 19.9 Å². The van der Waals surface area contributed by atoms with Crippen molar-refractivity contribution in [3.8, 4) is 28.8 Å². The summed E-state index contributed by atoms with van der Waals surface area (Å²) in [6.07, 6.45) is 3.48. The molecule has 0 fully saturated rings. The molecule has 0 spiro atoms. The molecule has 1 N–H and O–H groups in total. The zero-order valence-electron chi connectivity index (χ0n) is 12.9. The average molecular weight is 312 g/mol. The van der Waals surface area contributed by atoms with Crippen molar-refractivity contribution in [3.63, 3.8) is 0 Å². The first kappa shape index (κ1) is 13.7. The molecule has 0 atom stereocenters. The fourth-order valence-electron chi connectivity index (χ4n) is 2.71. The first-order valence-electron chi connectivity index (χ1n) is 7.47. The number of aromatic nitrogens is 6. The van der Waals surface area contributed by atoms with Crippen LogP contribution in [-0.2, 0) is 6.54 Å². The van der Waals surface area contributed by atoms with Crippen molar-refractivity contribution in [2.75, 3.05) is 6.61 Å². The van der Waals surface area contributed by atoms with Gasteiger partial charge < -0.3 is 9.30 Å². The van der Waals surface area contributed by atoms with Gasteiger partial charge in [-0.15, -0.1) is 0 Å². The Morgan fingerprint density at radius 2 is 2.17 bits per heavy atom. The molecule has 118 valence electrons. The third-order valence-corrected chi connectivity index (χ3v) is 3.77. The molecule has 4 heterocycles. The highest BCUT2D eigenvalue weighted by Crippen LogP contribution is 2.31. The predicted octanol–water partition coefficient (Wildman–Crippen LogP) is 1.47. The van der Waals surface area contributed by atoms with E-state index in [9.17, 15) is 4.79 Å². The highest BCUT2D eigenvalue weighted by atomic mass is 16.5. The third kappa shape index (κ3) is 2.23. The summed E-state index contributed by atoms with van der Waals surface area (Å²) in [4.78, 5) is 23.2. The Labute approximate surface area is 131 Å². The lowest BCUT2D eigenvalue weighted by Gasteiger charge is -2.07. The number of nitrogens with one attached hydrogen (secondary N) is 1. The van der Waals surface area contributed by atoms with Crippen molar-refractivity contribution in [2.45, 2.75) is 26.4 Å². The second-order valence-corrected chi connectivity index (χ2v) is 5.68. The van der Waals surface area contributed by atoms with Gasteiger partial charge in [0.15, 0.2) is 5.82 Å². The smallest absolute Gasteiger partial charge is 0.250 e. The van der Waals surface area contributed by atoms with Gasteiger partial charge in [-0.2, -0.15) is 5.10 Å². The number of H-pyrrole nitrogens is 1. The lowest BCUT2D eigenvalue weighted by Crippen LogP contribution is -2.08. The van der Waals surface area contributed by atoms with Crippen molar-refractivity contribution in [2.24, 2.45) is 0 Å². The fourth-order valence-corrected chi connectivity index (χ4v) is 2.71. The third-order valence-electron chi connectivity index (χ3n) is 3.77. The summed E-state index contributed by atoms with van der Waals surface area (Å²) < 4.78 is 9.47. The number of hydrogen-bond acceptors (Lipinski definition) is 5. The van der Waals surface area contributed by atoms with Gasteiger partial charge in [0.2, 0.25) is 5.88 Å². The van der Waals surface area contributed by atoms with Crippen LogP contribution in [0.2, 0.25) is 0 Å². The fraction of sp³-hybridized carbons (Fsp3) is 0.333. The molecule has 0 aromatic carbocycles. The van der Waals surface area contributed by atoms with Crippen molar-refractivity contribution in [1.29, 1.82) is 0 Å². The largest absolute Gasteiger partial charge is 0.476 e. The van der Waals surface area contributed by atoms with Gasteiger partial charge in [0, 0.05) is 18.3 Å². The topological polar surface area (TPSA) is 90.6 Å². The first-order valence-corrected chi connectivity index (χ1v) is 7.47. The molecular weight excluding hydrogens is 296 g/mol. The predicted molar refractivity (Wildman–Crippen MR) is 83.2 cm³/mol. The number of fused-ring (bicyclic) bond motifs is 3. The van der Waals surface area contributed by atoms with Crippen LogP contribution in [0.15, 0.2) is 29.5 Å². The van der Waals surface area contributed by atoms with Gasteiger partial charge in [0.25, 0.3) is 5.56 Å². The summed E-state index contributed by atoms with van der Waals surface area (Å²) in [6, 6.07) is 3.40. The molecule has 4 rings (SSSR count). The quantitative estimate of drug-likeness (QED) is 0.774. The second-order valence-electron chi connectivity index (χ2n) is 5.68. The van der Waals surface area contributed by atoms with E-state index in [1.165, 1.54) is 12.4 Å². The van der Waals surface area contributed by atoms with Gasteiger partial charge in [-0.25, -0.2) is 14.6 Å². The zero-order chi connectivity index (χ0) is 16.0. The van der Waals surface area contributed by atoms with Crippen LogP contribution >= 0.6 is 0 Å². The van der Waals surface area contributed by atoms with Crippen molar-refractivity contribution < 1.29 is 4.74 Å². The van der Waals surface area contributed by atoms with E-state index in [4.69, 9.17) is 9.72 Å². The summed E-state index contributed by atoms with van der Waals surface area (Å²) >= 11 is 0. The molecule has 1 aliphatic rings. The second kappa shape index (κ2) is 5.08. The lowest BCUT2D eigenvalue weighted by atomic mass is 10.2.